The summed E-state index contributed by atoms with van der Waals surface area (Å²) in [6.07, 6.45) is 4.32. The Labute approximate surface area is 169 Å². The van der Waals surface area contributed by atoms with Gasteiger partial charge in [0.1, 0.15) is 0 Å². The van der Waals surface area contributed by atoms with Crippen molar-refractivity contribution in [1.82, 2.24) is 9.21 Å². The Morgan fingerprint density at radius 3 is 2.21 bits per heavy atom. The fourth-order valence-electron chi connectivity index (χ4n) is 4.85. The molecule has 28 heavy (non-hydrogen) atoms. The van der Waals surface area contributed by atoms with E-state index in [1.165, 1.54) is 16.7 Å². The number of hydrogen-bond acceptors (Lipinski definition) is 3. The van der Waals surface area contributed by atoms with Crippen molar-refractivity contribution in [2.24, 2.45) is 0 Å². The van der Waals surface area contributed by atoms with Gasteiger partial charge in [-0.2, -0.15) is 0 Å². The van der Waals surface area contributed by atoms with Crippen molar-refractivity contribution < 1.29 is 8.42 Å². The Kier molecular flexibility index (Phi) is 5.59. The van der Waals surface area contributed by atoms with Gasteiger partial charge in [0, 0.05) is 25.2 Å². The number of rotatable bonds is 5. The smallest absolute Gasteiger partial charge is 0.213 e. The van der Waals surface area contributed by atoms with Crippen LogP contribution >= 0.6 is 0 Å². The van der Waals surface area contributed by atoms with Crippen LogP contribution in [0.3, 0.4) is 0 Å². The molecule has 0 aliphatic carbocycles. The second-order valence-electron chi connectivity index (χ2n) is 8.15. The largest absolute Gasteiger partial charge is 0.292 e. The van der Waals surface area contributed by atoms with Crippen molar-refractivity contribution in [2.45, 2.75) is 44.7 Å². The summed E-state index contributed by atoms with van der Waals surface area (Å²) in [5.74, 6) is 0.198. The van der Waals surface area contributed by atoms with Crippen LogP contribution in [0.15, 0.2) is 54.6 Å². The molecule has 2 aliphatic rings. The van der Waals surface area contributed by atoms with Crippen LogP contribution in [0.1, 0.15) is 38.2 Å². The lowest BCUT2D eigenvalue weighted by Crippen LogP contribution is -2.56. The molecule has 2 aromatic rings. The van der Waals surface area contributed by atoms with Gasteiger partial charge in [0.25, 0.3) is 0 Å². The van der Waals surface area contributed by atoms with Crippen LogP contribution in [0.5, 0.6) is 0 Å². The molecule has 0 unspecified atom stereocenters. The first-order valence-corrected chi connectivity index (χ1v) is 12.0. The molecule has 2 heterocycles. The van der Waals surface area contributed by atoms with Gasteiger partial charge >= 0.3 is 0 Å². The summed E-state index contributed by atoms with van der Waals surface area (Å²) >= 11 is 0. The van der Waals surface area contributed by atoms with Crippen LogP contribution < -0.4 is 0 Å². The molecule has 1 spiro atoms. The lowest BCUT2D eigenvalue weighted by molar-refractivity contribution is 0.0680. The van der Waals surface area contributed by atoms with E-state index in [1.54, 1.807) is 11.2 Å². The summed E-state index contributed by atoms with van der Waals surface area (Å²) in [5, 5.41) is 0. The van der Waals surface area contributed by atoms with Crippen molar-refractivity contribution in [2.75, 3.05) is 25.4 Å². The summed E-state index contributed by atoms with van der Waals surface area (Å²) < 4.78 is 26.6. The van der Waals surface area contributed by atoms with Crippen LogP contribution in [-0.4, -0.2) is 48.5 Å². The molecule has 4 nitrogen and oxygen atoms in total. The van der Waals surface area contributed by atoms with E-state index in [0.29, 0.717) is 13.1 Å². The molecule has 0 bridgehead atoms. The van der Waals surface area contributed by atoms with Gasteiger partial charge in [0.15, 0.2) is 0 Å². The van der Waals surface area contributed by atoms with E-state index in [0.717, 1.165) is 38.8 Å². The van der Waals surface area contributed by atoms with Crippen LogP contribution in [0.4, 0.5) is 0 Å². The highest BCUT2D eigenvalue weighted by atomic mass is 32.2. The topological polar surface area (TPSA) is 40.6 Å². The third-order valence-corrected chi connectivity index (χ3v) is 8.28. The molecule has 5 heteroatoms. The second kappa shape index (κ2) is 7.97. The van der Waals surface area contributed by atoms with Gasteiger partial charge in [-0.3, -0.25) is 4.90 Å². The molecule has 150 valence electrons. The normalized spacial score (nSPS) is 24.0. The lowest BCUT2D eigenvalue weighted by Gasteiger charge is -2.45. The zero-order valence-corrected chi connectivity index (χ0v) is 17.5. The van der Waals surface area contributed by atoms with Crippen molar-refractivity contribution in [1.29, 1.82) is 0 Å². The molecule has 0 amide bonds. The highest BCUT2D eigenvalue weighted by Crippen LogP contribution is 2.39. The molecule has 2 aliphatic heterocycles. The summed E-state index contributed by atoms with van der Waals surface area (Å²) in [4.78, 5) is 2.54. The van der Waals surface area contributed by atoms with E-state index < -0.39 is 10.0 Å². The molecule has 0 aromatic heterocycles. The Morgan fingerprint density at radius 2 is 1.54 bits per heavy atom. The zero-order chi connectivity index (χ0) is 19.6. The fraction of sp³-hybridized carbons (Fsp3) is 0.478. The average molecular weight is 399 g/mol. The summed E-state index contributed by atoms with van der Waals surface area (Å²) in [7, 11) is -3.11. The van der Waals surface area contributed by atoms with E-state index >= 15 is 0 Å². The minimum atomic E-state index is -3.11. The van der Waals surface area contributed by atoms with Crippen molar-refractivity contribution in [3.05, 3.63) is 60.2 Å². The minimum absolute atomic E-state index is 0.0125. The van der Waals surface area contributed by atoms with E-state index in [4.69, 9.17) is 0 Å². The molecule has 2 fully saturated rings. The number of sulfonamides is 1. The average Bonchev–Trinajstić information content (AvgIpc) is 3.10. The quantitative estimate of drug-likeness (QED) is 0.760. The van der Waals surface area contributed by atoms with Crippen LogP contribution in [0, 0.1) is 0 Å². The summed E-state index contributed by atoms with van der Waals surface area (Å²) in [6, 6.07) is 19.3. The van der Waals surface area contributed by atoms with Gasteiger partial charge in [0.2, 0.25) is 10.0 Å². The van der Waals surface area contributed by atoms with Crippen LogP contribution in [0.2, 0.25) is 0 Å². The molecule has 0 radical (unpaired) electrons. The van der Waals surface area contributed by atoms with Gasteiger partial charge in [-0.1, -0.05) is 54.6 Å². The number of nitrogens with zero attached hydrogens (tertiary/aromatic N) is 2. The number of likely N-dealkylation sites (tertiary alicyclic amines) is 1. The zero-order valence-electron chi connectivity index (χ0n) is 16.7. The van der Waals surface area contributed by atoms with Crippen molar-refractivity contribution in [3.63, 3.8) is 0 Å². The van der Waals surface area contributed by atoms with Crippen molar-refractivity contribution >= 4 is 10.0 Å². The number of benzene rings is 2. The first kappa shape index (κ1) is 19.6. The van der Waals surface area contributed by atoms with Gasteiger partial charge in [0.05, 0.1) is 5.75 Å². The maximum Gasteiger partial charge on any atom is 0.213 e. The van der Waals surface area contributed by atoms with Gasteiger partial charge in [-0.25, -0.2) is 12.7 Å². The predicted molar refractivity (Wildman–Crippen MR) is 115 cm³/mol. The summed E-state index contributed by atoms with van der Waals surface area (Å²) in [5.41, 5.74) is 3.78. The second-order valence-corrected chi connectivity index (χ2v) is 10.4. The number of piperidine rings is 1. The van der Waals surface area contributed by atoms with Gasteiger partial charge in [-0.05, 0) is 55.8 Å². The minimum Gasteiger partial charge on any atom is -0.292 e. The first-order valence-electron chi connectivity index (χ1n) is 10.4. The highest BCUT2D eigenvalue weighted by Gasteiger charge is 2.45. The maximum absolute atomic E-state index is 12.4. The molecule has 0 N–H and O–H groups in total. The van der Waals surface area contributed by atoms with Crippen molar-refractivity contribution in [3.8, 4) is 11.1 Å². The standard InChI is InChI=1S/C23H30N2O2S/c1-2-28(26,27)25-17-7-15-23(19-25)14-6-16-24(23)18-20-10-12-22(13-11-20)21-8-4-3-5-9-21/h3-5,8-13H,2,6-7,14-19H2,1H3/t23-/m1/s1. The van der Waals surface area contributed by atoms with E-state index in [9.17, 15) is 8.42 Å². The fourth-order valence-corrected chi connectivity index (χ4v) is 6.06. The molecule has 4 rings (SSSR count). The van der Waals surface area contributed by atoms with Crippen LogP contribution in [0.25, 0.3) is 11.1 Å². The van der Waals surface area contributed by atoms with Crippen LogP contribution in [-0.2, 0) is 16.6 Å². The molecular weight excluding hydrogens is 368 g/mol. The summed E-state index contributed by atoms with van der Waals surface area (Å²) in [6.45, 7) is 5.04. The highest BCUT2D eigenvalue weighted by molar-refractivity contribution is 7.89. The predicted octanol–water partition coefficient (Wildman–Crippen LogP) is 4.13. The SMILES string of the molecule is CCS(=O)(=O)N1CCC[C@]2(CCCN2Cc2ccc(-c3ccccc3)cc2)C1. The van der Waals surface area contributed by atoms with E-state index in [2.05, 4.69) is 53.4 Å². The van der Waals surface area contributed by atoms with Gasteiger partial charge < -0.3 is 0 Å². The maximum atomic E-state index is 12.4. The Morgan fingerprint density at radius 1 is 0.893 bits per heavy atom. The van der Waals surface area contributed by atoms with E-state index in [-0.39, 0.29) is 11.3 Å². The third-order valence-electron chi connectivity index (χ3n) is 6.45. The Hall–Kier alpha value is -1.69. The van der Waals surface area contributed by atoms with E-state index in [1.807, 2.05) is 6.07 Å². The molecule has 0 saturated carbocycles. The monoisotopic (exact) mass is 398 g/mol. The Bertz CT molecular complexity index is 896. The molecule has 2 aromatic carbocycles. The number of hydrogen-bond donors (Lipinski definition) is 0. The van der Waals surface area contributed by atoms with Gasteiger partial charge in [-0.15, -0.1) is 0 Å². The lowest BCUT2D eigenvalue weighted by atomic mass is 9.87. The molecule has 2 saturated heterocycles. The molecular formula is C23H30N2O2S. The third kappa shape index (κ3) is 3.88. The first-order chi connectivity index (χ1) is 13.5. The Balaban J connectivity index is 1.50. The molecule has 1 atom stereocenters.